The zero-order valence-corrected chi connectivity index (χ0v) is 53.6. The zero-order valence-electron chi connectivity index (χ0n) is 53.6. The van der Waals surface area contributed by atoms with Gasteiger partial charge in [-0.3, -0.25) is 19.9 Å². The van der Waals surface area contributed by atoms with E-state index in [0.717, 1.165) is 189 Å². The predicted octanol–water partition coefficient (Wildman–Crippen LogP) is 24.0. The fourth-order valence-corrected chi connectivity index (χ4v) is 15.0. The molecule has 7 heterocycles. The van der Waals surface area contributed by atoms with Crippen molar-refractivity contribution >= 4 is 65.6 Å². The first-order valence-corrected chi connectivity index (χ1v) is 33.5. The summed E-state index contributed by atoms with van der Waals surface area (Å²) in [5.74, 6) is 0. The van der Waals surface area contributed by atoms with Crippen LogP contribution in [0.25, 0.3) is 189 Å². The Kier molecular flexibility index (Phi) is 13.7. The van der Waals surface area contributed by atoms with Crippen LogP contribution < -0.4 is 0 Å². The molecule has 0 radical (unpaired) electrons. The molecule has 7 aromatic heterocycles. The summed E-state index contributed by atoms with van der Waals surface area (Å²) in [5, 5.41) is 6.75. The van der Waals surface area contributed by atoms with Crippen LogP contribution in [0.2, 0.25) is 0 Å². The van der Waals surface area contributed by atoms with Crippen LogP contribution in [0.15, 0.2) is 357 Å². The van der Waals surface area contributed by atoms with Crippen LogP contribution in [0.5, 0.6) is 0 Å². The normalized spacial score (nSPS) is 11.6. The largest absolute Gasteiger partial charge is 0.456 e. The molecule has 99 heavy (non-hydrogen) atoms. The van der Waals surface area contributed by atoms with Gasteiger partial charge in [-0.1, -0.05) is 182 Å². The van der Waals surface area contributed by atoms with Crippen molar-refractivity contribution in [2.24, 2.45) is 0 Å². The first-order chi connectivity index (χ1) is 49.1. The first-order valence-electron chi connectivity index (χ1n) is 33.5. The van der Waals surface area contributed by atoms with Gasteiger partial charge in [0.25, 0.3) is 0 Å². The van der Waals surface area contributed by atoms with E-state index in [0.29, 0.717) is 0 Å². The average Bonchev–Trinajstić information content (AvgIpc) is 1.59. The minimum atomic E-state index is 0.841. The number of hydrogen-bond donors (Lipinski definition) is 0. The quantitative estimate of drug-likeness (QED) is 0.122. The molecule has 7 nitrogen and oxygen atoms in total. The summed E-state index contributed by atoms with van der Waals surface area (Å²) >= 11 is 0. The summed E-state index contributed by atoms with van der Waals surface area (Å²) < 4.78 is 11.5. The van der Waals surface area contributed by atoms with Crippen molar-refractivity contribution in [3.05, 3.63) is 352 Å². The van der Waals surface area contributed by atoms with Gasteiger partial charge in [-0.15, -0.1) is 0 Å². The lowest BCUT2D eigenvalue weighted by molar-refractivity contribution is 0.669. The number of rotatable bonds is 12. The van der Waals surface area contributed by atoms with Gasteiger partial charge in [0.2, 0.25) is 0 Å². The minimum absolute atomic E-state index is 0.841. The van der Waals surface area contributed by atoms with Crippen molar-refractivity contribution < 1.29 is 4.42 Å². The Hall–Kier alpha value is -13.4. The standard InChI is InChI=1S/C92H58N6O/c1-5-27-73(83-31-9-13-47-93-83)69(23-1)63-35-41-87-77(55-63)78-56-64(70-24-2-6-28-74(70)84-32-10-14-48-94-84)36-42-88(78)97(87)67-21-17-19-59(51-67)61-39-45-91-81(53-61)82-54-62(40-46-92(82)99-91)60-20-18-22-68(52-60)98-89-43-37-65(71-25-3-7-29-75(71)85-33-11-15-49-95-85)57-79(89)80-58-66(38-44-90(80)98)72-26-4-8-30-76(72)86-34-12-16-50-96-86/h1-58H. The lowest BCUT2D eigenvalue weighted by atomic mass is 9.94. The van der Waals surface area contributed by atoms with Gasteiger partial charge >= 0.3 is 0 Å². The van der Waals surface area contributed by atoms with E-state index in [2.05, 4.69) is 312 Å². The zero-order chi connectivity index (χ0) is 65.3. The lowest BCUT2D eigenvalue weighted by Gasteiger charge is -2.12. The van der Waals surface area contributed by atoms with Gasteiger partial charge < -0.3 is 13.6 Å². The van der Waals surface area contributed by atoms with Crippen LogP contribution in [-0.4, -0.2) is 29.1 Å². The summed E-state index contributed by atoms with van der Waals surface area (Å²) in [4.78, 5) is 19.2. The number of furan rings is 1. The Morgan fingerprint density at radius 1 is 0.192 bits per heavy atom. The number of hydrogen-bond acceptors (Lipinski definition) is 5. The average molecular weight is 1260 g/mol. The van der Waals surface area contributed by atoms with Gasteiger partial charge in [-0.2, -0.15) is 0 Å². The molecule has 0 N–H and O–H groups in total. The maximum absolute atomic E-state index is 6.67. The second kappa shape index (κ2) is 23.8. The Labute approximate surface area is 571 Å². The van der Waals surface area contributed by atoms with E-state index in [-0.39, 0.29) is 0 Å². The summed E-state index contributed by atoms with van der Waals surface area (Å²) in [6.45, 7) is 0. The third kappa shape index (κ3) is 9.98. The Balaban J connectivity index is 0.712. The Bertz CT molecular complexity index is 5680. The number of pyridine rings is 4. The fourth-order valence-electron chi connectivity index (χ4n) is 15.0. The second-order valence-corrected chi connectivity index (χ2v) is 25.3. The molecule has 0 fully saturated rings. The van der Waals surface area contributed by atoms with Gasteiger partial charge in [0.05, 0.1) is 44.8 Å². The molecule has 0 saturated carbocycles. The SMILES string of the molecule is c1ccc(-c2ccccc2-c2ccc3c(c2)c2cc(-c4ccccc4-c4ccccn4)ccc2n3-c2cccc(-c3ccc4oc5ccc(-c6cccc(-n7c8ccc(-c9ccccc9-c9ccccn9)cc8c8cc(-c9ccccc9-c9ccccn9)ccc87)c6)cc5c4c3)c2)nc1. The predicted molar refractivity (Wildman–Crippen MR) is 408 cm³/mol. The smallest absolute Gasteiger partial charge is 0.135 e. The van der Waals surface area contributed by atoms with Gasteiger partial charge in [-0.05, 0) is 212 Å². The maximum Gasteiger partial charge on any atom is 0.135 e. The molecule has 0 unspecified atom stereocenters. The minimum Gasteiger partial charge on any atom is -0.456 e. The van der Waals surface area contributed by atoms with Gasteiger partial charge in [-0.25, -0.2) is 0 Å². The van der Waals surface area contributed by atoms with Crippen molar-refractivity contribution in [1.29, 1.82) is 0 Å². The first kappa shape index (κ1) is 57.1. The topological polar surface area (TPSA) is 74.6 Å². The van der Waals surface area contributed by atoms with Crippen LogP contribution in [0, 0.1) is 0 Å². The molecular formula is C92H58N6O. The maximum atomic E-state index is 6.67. The van der Waals surface area contributed by atoms with E-state index < -0.39 is 0 Å². The molecule has 0 atom stereocenters. The Morgan fingerprint density at radius 2 is 0.455 bits per heavy atom. The number of aromatic nitrogens is 6. The molecule has 0 amide bonds. The highest BCUT2D eigenvalue weighted by atomic mass is 16.3. The highest BCUT2D eigenvalue weighted by molar-refractivity contribution is 6.14. The molecule has 19 rings (SSSR count). The van der Waals surface area contributed by atoms with Crippen molar-refractivity contribution in [3.63, 3.8) is 0 Å². The highest BCUT2D eigenvalue weighted by Crippen LogP contribution is 2.45. The molecule has 0 aliphatic rings. The van der Waals surface area contributed by atoms with Crippen molar-refractivity contribution in [3.8, 4) is 123 Å². The number of fused-ring (bicyclic) bond motifs is 9. The molecule has 0 aliphatic carbocycles. The van der Waals surface area contributed by atoms with E-state index in [1.807, 2.05) is 49.1 Å². The monoisotopic (exact) mass is 1260 g/mol. The van der Waals surface area contributed by atoms with Crippen LogP contribution in [0.3, 0.4) is 0 Å². The van der Waals surface area contributed by atoms with Crippen LogP contribution in [0.1, 0.15) is 0 Å². The van der Waals surface area contributed by atoms with Crippen LogP contribution >= 0.6 is 0 Å². The van der Waals surface area contributed by atoms with E-state index in [1.165, 1.54) is 0 Å². The number of nitrogens with zero attached hydrogens (tertiary/aromatic N) is 6. The Morgan fingerprint density at radius 3 is 0.747 bits per heavy atom. The summed E-state index contributed by atoms with van der Waals surface area (Å²) in [7, 11) is 0. The lowest BCUT2D eigenvalue weighted by Crippen LogP contribution is -1.95. The van der Waals surface area contributed by atoms with Crippen molar-refractivity contribution in [2.45, 2.75) is 0 Å². The molecular weight excluding hydrogens is 1210 g/mol. The van der Waals surface area contributed by atoms with Gasteiger partial charge in [0.1, 0.15) is 11.2 Å². The molecule has 19 aromatic rings. The van der Waals surface area contributed by atoms with E-state index in [9.17, 15) is 0 Å². The van der Waals surface area contributed by atoms with Crippen molar-refractivity contribution in [2.75, 3.05) is 0 Å². The summed E-state index contributed by atoms with van der Waals surface area (Å²) in [6, 6.07) is 118. The molecule has 0 spiro atoms. The van der Waals surface area contributed by atoms with Crippen LogP contribution in [-0.2, 0) is 0 Å². The van der Waals surface area contributed by atoms with E-state index in [1.54, 1.807) is 0 Å². The second-order valence-electron chi connectivity index (χ2n) is 25.3. The highest BCUT2D eigenvalue weighted by Gasteiger charge is 2.22. The molecule has 0 bridgehead atoms. The molecule has 0 aliphatic heterocycles. The fraction of sp³-hybridized carbons (Fsp3) is 0. The molecule has 7 heteroatoms. The van der Waals surface area contributed by atoms with E-state index in [4.69, 9.17) is 24.4 Å². The molecule has 462 valence electrons. The third-order valence-electron chi connectivity index (χ3n) is 19.6. The van der Waals surface area contributed by atoms with Crippen LogP contribution in [0.4, 0.5) is 0 Å². The number of benzene rings is 12. The summed E-state index contributed by atoms with van der Waals surface area (Å²) in [5.41, 5.74) is 29.8. The van der Waals surface area contributed by atoms with E-state index >= 15 is 0 Å². The summed E-state index contributed by atoms with van der Waals surface area (Å²) in [6.07, 6.45) is 7.46. The van der Waals surface area contributed by atoms with Gasteiger partial charge in [0, 0.05) is 90.7 Å². The molecule has 12 aromatic carbocycles. The van der Waals surface area contributed by atoms with Crippen molar-refractivity contribution in [1.82, 2.24) is 29.1 Å². The molecule has 0 saturated heterocycles. The van der Waals surface area contributed by atoms with Gasteiger partial charge in [0.15, 0.2) is 0 Å². The third-order valence-corrected chi connectivity index (χ3v) is 19.6.